The van der Waals surface area contributed by atoms with E-state index in [4.69, 9.17) is 23.7 Å². The minimum atomic E-state index is -0.124. The molecule has 0 atom stereocenters. The van der Waals surface area contributed by atoms with Gasteiger partial charge in [0.05, 0.1) is 25.4 Å². The van der Waals surface area contributed by atoms with E-state index in [1.165, 1.54) is 0 Å². The molecule has 2 aromatic rings. The van der Waals surface area contributed by atoms with Gasteiger partial charge in [0.15, 0.2) is 12.6 Å². The maximum atomic E-state index is 13.4. The van der Waals surface area contributed by atoms with Crippen molar-refractivity contribution in [3.05, 3.63) is 56.2 Å². The van der Waals surface area contributed by atoms with Crippen LogP contribution in [0, 0.1) is 6.92 Å². The number of ketones is 1. The molecule has 0 unspecified atom stereocenters. The molecule has 2 aromatic carbocycles. The van der Waals surface area contributed by atoms with E-state index in [2.05, 4.69) is 25.7 Å². The van der Waals surface area contributed by atoms with Crippen LogP contribution in [0.4, 0.5) is 0 Å². The van der Waals surface area contributed by atoms with Gasteiger partial charge in [0.2, 0.25) is 5.78 Å². The Morgan fingerprint density at radius 2 is 1.81 bits per heavy atom. The molecule has 0 N–H and O–H groups in total. The molecule has 9 heteroatoms. The van der Waals surface area contributed by atoms with Gasteiger partial charge >= 0.3 is 0 Å². The number of hydrogen-bond donors (Lipinski definition) is 0. The van der Waals surface area contributed by atoms with Crippen molar-refractivity contribution in [3.63, 3.8) is 0 Å². The number of benzene rings is 2. The van der Waals surface area contributed by atoms with Crippen molar-refractivity contribution in [3.8, 4) is 17.2 Å². The van der Waals surface area contributed by atoms with Crippen LogP contribution in [0.25, 0.3) is 6.08 Å². The number of Topliss-reactive ketones (excluding diaryl/α,β-unsaturated/α-hetero) is 1. The minimum Gasteiger partial charge on any atom is -0.477 e. The fourth-order valence-corrected chi connectivity index (χ4v) is 5.76. The quantitative estimate of drug-likeness (QED) is 0.509. The lowest BCUT2D eigenvalue weighted by Gasteiger charge is -2.31. The van der Waals surface area contributed by atoms with E-state index in [0.29, 0.717) is 24.7 Å². The highest BCUT2D eigenvalue weighted by Gasteiger charge is 2.34. The van der Waals surface area contributed by atoms with Crippen molar-refractivity contribution in [1.29, 1.82) is 0 Å². The maximum absolute atomic E-state index is 13.4. The van der Waals surface area contributed by atoms with Gasteiger partial charge in [-0.15, -0.1) is 0 Å². The zero-order valence-corrected chi connectivity index (χ0v) is 21.9. The Labute approximate surface area is 218 Å². The van der Waals surface area contributed by atoms with E-state index >= 15 is 0 Å². The van der Waals surface area contributed by atoms with Gasteiger partial charge in [0.1, 0.15) is 24.0 Å². The summed E-state index contributed by atoms with van der Waals surface area (Å²) in [4.78, 5) is 18.1. The molecule has 6 rings (SSSR count). The Morgan fingerprint density at radius 3 is 2.67 bits per heavy atom. The lowest BCUT2D eigenvalue weighted by molar-refractivity contribution is -0.0165. The van der Waals surface area contributed by atoms with Crippen molar-refractivity contribution < 1.29 is 28.5 Å². The summed E-state index contributed by atoms with van der Waals surface area (Å²) in [6.45, 7) is 9.57. The normalized spacial score (nSPS) is 20.8. The molecule has 4 aliphatic rings. The number of nitrogens with zero attached hydrogens (tertiary/aromatic N) is 2. The first-order valence-corrected chi connectivity index (χ1v) is 13.1. The molecule has 0 saturated carbocycles. The van der Waals surface area contributed by atoms with Crippen LogP contribution >= 0.6 is 15.9 Å². The third-order valence-corrected chi connectivity index (χ3v) is 7.50. The summed E-state index contributed by atoms with van der Waals surface area (Å²) < 4.78 is 29.7. The molecule has 190 valence electrons. The zero-order valence-electron chi connectivity index (χ0n) is 20.3. The van der Waals surface area contributed by atoms with Gasteiger partial charge in [0.25, 0.3) is 0 Å². The largest absolute Gasteiger partial charge is 0.477 e. The highest BCUT2D eigenvalue weighted by Crippen LogP contribution is 2.44. The maximum Gasteiger partial charge on any atom is 0.231 e. The first kappa shape index (κ1) is 23.9. The molecule has 0 bridgehead atoms. The molecular formula is C27H29BrN2O6. The minimum absolute atomic E-state index is 0.124. The molecule has 0 aromatic heterocycles. The average Bonchev–Trinajstić information content (AvgIpc) is 3.20. The van der Waals surface area contributed by atoms with Crippen LogP contribution in [0.5, 0.6) is 17.2 Å². The Balaban J connectivity index is 1.20. The molecule has 4 aliphatic heterocycles. The predicted molar refractivity (Wildman–Crippen MR) is 136 cm³/mol. The lowest BCUT2D eigenvalue weighted by atomic mass is 9.99. The summed E-state index contributed by atoms with van der Waals surface area (Å²) in [6, 6.07) is 5.83. The number of rotatable bonds is 5. The molecule has 0 radical (unpaired) electrons. The van der Waals surface area contributed by atoms with Crippen molar-refractivity contribution in [2.75, 3.05) is 52.9 Å². The number of fused-ring (bicyclic) bond motifs is 3. The van der Waals surface area contributed by atoms with E-state index in [1.807, 2.05) is 25.1 Å². The molecule has 1 fully saturated rings. The Bertz CT molecular complexity index is 1220. The van der Waals surface area contributed by atoms with Gasteiger partial charge in [-0.05, 0) is 44.2 Å². The van der Waals surface area contributed by atoms with Crippen LogP contribution in [0.3, 0.4) is 0 Å². The van der Waals surface area contributed by atoms with E-state index in [9.17, 15) is 4.79 Å². The molecule has 4 heterocycles. The second-order valence-electron chi connectivity index (χ2n) is 9.53. The summed E-state index contributed by atoms with van der Waals surface area (Å²) in [7, 11) is 0. The van der Waals surface area contributed by atoms with Gasteiger partial charge in [-0.2, -0.15) is 0 Å². The van der Waals surface area contributed by atoms with Gasteiger partial charge in [-0.1, -0.05) is 15.9 Å². The average molecular weight is 557 g/mol. The third kappa shape index (κ3) is 4.66. The van der Waals surface area contributed by atoms with Gasteiger partial charge < -0.3 is 23.7 Å². The van der Waals surface area contributed by atoms with Crippen molar-refractivity contribution in [2.45, 2.75) is 26.5 Å². The molecule has 0 aliphatic carbocycles. The zero-order chi connectivity index (χ0) is 24.6. The van der Waals surface area contributed by atoms with Gasteiger partial charge in [-0.3, -0.25) is 14.6 Å². The van der Waals surface area contributed by atoms with Crippen LogP contribution in [0.2, 0.25) is 0 Å². The number of ether oxygens (including phenoxy) is 5. The Morgan fingerprint density at radius 1 is 0.972 bits per heavy atom. The summed E-state index contributed by atoms with van der Waals surface area (Å²) in [5.41, 5.74) is 4.20. The standard InChI is InChI=1S/C27H29BrN2O6/c1-17-25-19(13-30(15-34-25)4-2-3-29-5-7-32-8-6-29)11-22-24(31)23(36-26(17)22)12-18-9-21(28)10-20-14-33-16-35-27(18)20/h9-12H,2-8,13-16H2,1H3/b23-12-. The Kier molecular flexibility index (Phi) is 6.74. The van der Waals surface area contributed by atoms with Crippen LogP contribution in [0.1, 0.15) is 39.0 Å². The fraction of sp³-hybridized carbons (Fsp3) is 0.444. The monoisotopic (exact) mass is 556 g/mol. The molecule has 36 heavy (non-hydrogen) atoms. The number of hydrogen-bond acceptors (Lipinski definition) is 8. The summed E-state index contributed by atoms with van der Waals surface area (Å²) in [5, 5.41) is 0. The Hall–Kier alpha value is -2.43. The molecule has 0 spiro atoms. The van der Waals surface area contributed by atoms with Crippen LogP contribution in [-0.4, -0.2) is 68.5 Å². The SMILES string of the molecule is Cc1c2c(cc3c1O/C(=C\c1cc(Br)cc4c1OCOC4)C3=O)CN(CCCN1CCOCC1)CO2. The summed E-state index contributed by atoms with van der Waals surface area (Å²) >= 11 is 3.54. The number of morpholine rings is 1. The van der Waals surface area contributed by atoms with E-state index in [0.717, 1.165) is 90.6 Å². The topological polar surface area (TPSA) is 69.7 Å². The fourth-order valence-electron chi connectivity index (χ4n) is 5.24. The molecule has 0 amide bonds. The number of allylic oxidation sites excluding steroid dienone is 1. The highest BCUT2D eigenvalue weighted by molar-refractivity contribution is 9.10. The third-order valence-electron chi connectivity index (χ3n) is 7.04. The second-order valence-corrected chi connectivity index (χ2v) is 10.4. The second kappa shape index (κ2) is 10.1. The first-order chi connectivity index (χ1) is 17.6. The van der Waals surface area contributed by atoms with E-state index in [1.54, 1.807) is 6.08 Å². The van der Waals surface area contributed by atoms with Crippen LogP contribution in [-0.2, 0) is 22.6 Å². The van der Waals surface area contributed by atoms with Gasteiger partial charge in [-0.25, -0.2) is 0 Å². The van der Waals surface area contributed by atoms with Crippen molar-refractivity contribution in [1.82, 2.24) is 9.80 Å². The number of carbonyl (C=O) groups is 1. The molecule has 1 saturated heterocycles. The summed E-state index contributed by atoms with van der Waals surface area (Å²) in [6.07, 6.45) is 2.83. The van der Waals surface area contributed by atoms with Crippen molar-refractivity contribution in [2.24, 2.45) is 0 Å². The van der Waals surface area contributed by atoms with Crippen molar-refractivity contribution >= 4 is 27.8 Å². The smallest absolute Gasteiger partial charge is 0.231 e. The molecular weight excluding hydrogens is 528 g/mol. The lowest BCUT2D eigenvalue weighted by Crippen LogP contribution is -2.39. The number of carbonyl (C=O) groups excluding carboxylic acids is 1. The summed E-state index contributed by atoms with van der Waals surface area (Å²) in [5.74, 6) is 2.29. The molecule has 8 nitrogen and oxygen atoms in total. The van der Waals surface area contributed by atoms with E-state index in [-0.39, 0.29) is 18.3 Å². The highest BCUT2D eigenvalue weighted by atomic mass is 79.9. The predicted octanol–water partition coefficient (Wildman–Crippen LogP) is 4.11. The van der Waals surface area contributed by atoms with Crippen LogP contribution < -0.4 is 14.2 Å². The van der Waals surface area contributed by atoms with E-state index < -0.39 is 0 Å². The first-order valence-electron chi connectivity index (χ1n) is 12.4. The van der Waals surface area contributed by atoms with Gasteiger partial charge in [0, 0.05) is 52.9 Å². The van der Waals surface area contributed by atoms with Crippen LogP contribution in [0.15, 0.2) is 28.4 Å². The number of halogens is 1.